The van der Waals surface area contributed by atoms with E-state index in [0.29, 0.717) is 5.56 Å². The molecular formula is C25H23NO5. The number of carboxylic acids is 1. The number of amides is 1. The summed E-state index contributed by atoms with van der Waals surface area (Å²) in [7, 11) is 0. The van der Waals surface area contributed by atoms with Crippen LogP contribution in [0.4, 0.5) is 4.79 Å². The van der Waals surface area contributed by atoms with Crippen LogP contribution in [0, 0.1) is 0 Å². The van der Waals surface area contributed by atoms with Gasteiger partial charge in [0, 0.05) is 5.92 Å². The third kappa shape index (κ3) is 4.44. The summed E-state index contributed by atoms with van der Waals surface area (Å²) in [4.78, 5) is 23.7. The van der Waals surface area contributed by atoms with Crippen molar-refractivity contribution in [2.45, 2.75) is 24.5 Å². The lowest BCUT2D eigenvalue weighted by atomic mass is 9.98. The highest BCUT2D eigenvalue weighted by Crippen LogP contribution is 2.44. The predicted octanol–water partition coefficient (Wildman–Crippen LogP) is 4.10. The monoisotopic (exact) mass is 417 g/mol. The van der Waals surface area contributed by atoms with Crippen LogP contribution in [0.15, 0.2) is 78.9 Å². The quantitative estimate of drug-likeness (QED) is 0.538. The molecule has 0 saturated carbocycles. The lowest BCUT2D eigenvalue weighted by Crippen LogP contribution is -2.38. The molecule has 158 valence electrons. The molecule has 31 heavy (non-hydrogen) atoms. The minimum Gasteiger partial charge on any atom is -0.481 e. The summed E-state index contributed by atoms with van der Waals surface area (Å²) in [5.41, 5.74) is 5.06. The number of nitrogens with one attached hydrogen (secondary N) is 1. The van der Waals surface area contributed by atoms with Gasteiger partial charge in [0.05, 0.1) is 18.6 Å². The van der Waals surface area contributed by atoms with Gasteiger partial charge >= 0.3 is 12.1 Å². The molecule has 1 unspecified atom stereocenters. The number of carboxylic acid groups (broad SMARTS) is 1. The van der Waals surface area contributed by atoms with Gasteiger partial charge in [-0.2, -0.15) is 0 Å². The van der Waals surface area contributed by atoms with Crippen molar-refractivity contribution < 1.29 is 24.5 Å². The fourth-order valence-corrected chi connectivity index (χ4v) is 4.13. The molecule has 4 rings (SSSR count). The molecule has 1 amide bonds. The summed E-state index contributed by atoms with van der Waals surface area (Å²) in [6, 6.07) is 23.9. The van der Waals surface area contributed by atoms with Gasteiger partial charge in [0.2, 0.25) is 0 Å². The molecule has 0 heterocycles. The molecule has 1 aliphatic rings. The van der Waals surface area contributed by atoms with Crippen molar-refractivity contribution in [2.75, 3.05) is 6.61 Å². The fraction of sp³-hybridized carbons (Fsp3) is 0.200. The molecule has 0 aromatic heterocycles. The molecule has 3 N–H and O–H groups in total. The summed E-state index contributed by atoms with van der Waals surface area (Å²) < 4.78 is 5.54. The van der Waals surface area contributed by atoms with E-state index in [-0.39, 0.29) is 12.5 Å². The Morgan fingerprint density at radius 2 is 1.42 bits per heavy atom. The first-order valence-electron chi connectivity index (χ1n) is 10.1. The average molecular weight is 417 g/mol. The number of alkyl carbamates (subject to hydrolysis) is 1. The number of benzene rings is 3. The number of aliphatic hydroxyl groups is 1. The molecule has 0 aliphatic heterocycles. The van der Waals surface area contributed by atoms with E-state index in [1.807, 2.05) is 36.4 Å². The van der Waals surface area contributed by atoms with E-state index in [1.54, 1.807) is 30.3 Å². The zero-order valence-electron chi connectivity index (χ0n) is 16.8. The van der Waals surface area contributed by atoms with E-state index in [9.17, 15) is 14.7 Å². The lowest BCUT2D eigenvalue weighted by Gasteiger charge is -2.24. The first-order chi connectivity index (χ1) is 15.0. The molecule has 0 saturated heterocycles. The highest BCUT2D eigenvalue weighted by Gasteiger charge is 2.30. The minimum atomic E-state index is -1.29. The van der Waals surface area contributed by atoms with Gasteiger partial charge in [-0.1, -0.05) is 78.9 Å². The zero-order chi connectivity index (χ0) is 21.8. The number of aliphatic hydroxyl groups excluding tert-OH is 1. The first kappa shape index (κ1) is 20.6. The van der Waals surface area contributed by atoms with Crippen LogP contribution < -0.4 is 5.32 Å². The normalized spacial score (nSPS) is 14.2. The second-order valence-corrected chi connectivity index (χ2v) is 7.52. The van der Waals surface area contributed by atoms with Crippen molar-refractivity contribution in [1.82, 2.24) is 5.32 Å². The third-order valence-electron chi connectivity index (χ3n) is 5.54. The van der Waals surface area contributed by atoms with E-state index in [4.69, 9.17) is 9.84 Å². The molecule has 0 spiro atoms. The van der Waals surface area contributed by atoms with Crippen LogP contribution in [0.3, 0.4) is 0 Å². The number of aliphatic carboxylic acids is 1. The first-order valence-corrected chi connectivity index (χ1v) is 10.1. The van der Waals surface area contributed by atoms with E-state index in [1.165, 1.54) is 0 Å². The third-order valence-corrected chi connectivity index (χ3v) is 5.54. The average Bonchev–Trinajstić information content (AvgIpc) is 3.10. The van der Waals surface area contributed by atoms with E-state index < -0.39 is 30.6 Å². The van der Waals surface area contributed by atoms with Gasteiger partial charge in [-0.15, -0.1) is 0 Å². The number of fused-ring (bicyclic) bond motifs is 3. The number of hydrogen-bond donors (Lipinski definition) is 3. The smallest absolute Gasteiger partial charge is 0.407 e. The fourth-order valence-electron chi connectivity index (χ4n) is 4.13. The van der Waals surface area contributed by atoms with Crippen LogP contribution in [0.5, 0.6) is 0 Å². The number of carbonyl (C=O) groups excluding carboxylic acids is 1. The van der Waals surface area contributed by atoms with Gasteiger partial charge in [-0.25, -0.2) is 4.79 Å². The maximum absolute atomic E-state index is 12.6. The highest BCUT2D eigenvalue weighted by molar-refractivity contribution is 5.79. The number of carbonyl (C=O) groups is 2. The molecule has 0 radical (unpaired) electrons. The second-order valence-electron chi connectivity index (χ2n) is 7.52. The van der Waals surface area contributed by atoms with Gasteiger partial charge in [0.1, 0.15) is 6.61 Å². The SMILES string of the molecule is O=C(O)C[C@@H](O)C(NC(=O)OCC1c2ccccc2-c2ccccc21)c1ccccc1. The van der Waals surface area contributed by atoms with Crippen LogP contribution in [0.25, 0.3) is 11.1 Å². The summed E-state index contributed by atoms with van der Waals surface area (Å²) in [6.07, 6.45) is -2.50. The zero-order valence-corrected chi connectivity index (χ0v) is 16.8. The molecule has 0 fully saturated rings. The lowest BCUT2D eigenvalue weighted by molar-refractivity contribution is -0.139. The summed E-state index contributed by atoms with van der Waals surface area (Å²) in [5, 5.41) is 22.0. The van der Waals surface area contributed by atoms with Gasteiger partial charge in [0.15, 0.2) is 0 Å². The van der Waals surface area contributed by atoms with Gasteiger partial charge < -0.3 is 20.3 Å². The highest BCUT2D eigenvalue weighted by atomic mass is 16.5. The summed E-state index contributed by atoms with van der Waals surface area (Å²) in [5.74, 6) is -1.24. The van der Waals surface area contributed by atoms with E-state index >= 15 is 0 Å². The Balaban J connectivity index is 1.48. The van der Waals surface area contributed by atoms with Crippen LogP contribution in [0.1, 0.15) is 35.1 Å². The Morgan fingerprint density at radius 3 is 2.00 bits per heavy atom. The van der Waals surface area contributed by atoms with Crippen molar-refractivity contribution in [3.63, 3.8) is 0 Å². The van der Waals surface area contributed by atoms with E-state index in [2.05, 4.69) is 17.4 Å². The Kier molecular flexibility index (Phi) is 6.00. The largest absolute Gasteiger partial charge is 0.481 e. The Hall–Kier alpha value is -3.64. The van der Waals surface area contributed by atoms with Crippen molar-refractivity contribution in [3.05, 3.63) is 95.6 Å². The van der Waals surface area contributed by atoms with Crippen LogP contribution in [-0.4, -0.2) is 35.0 Å². The van der Waals surface area contributed by atoms with Gasteiger partial charge in [-0.3, -0.25) is 4.79 Å². The molecule has 6 nitrogen and oxygen atoms in total. The topological polar surface area (TPSA) is 95.9 Å². The van der Waals surface area contributed by atoms with Gasteiger partial charge in [-0.05, 0) is 27.8 Å². The van der Waals surface area contributed by atoms with E-state index in [0.717, 1.165) is 22.3 Å². The number of hydrogen-bond acceptors (Lipinski definition) is 4. The molecular weight excluding hydrogens is 394 g/mol. The maximum Gasteiger partial charge on any atom is 0.407 e. The summed E-state index contributed by atoms with van der Waals surface area (Å²) in [6.45, 7) is 0.135. The Labute approximate surface area is 180 Å². The molecule has 0 bridgehead atoms. The maximum atomic E-state index is 12.6. The van der Waals surface area contributed by atoms with Crippen LogP contribution >= 0.6 is 0 Å². The second kappa shape index (κ2) is 9.02. The molecule has 1 aliphatic carbocycles. The number of ether oxygens (including phenoxy) is 1. The van der Waals surface area contributed by atoms with Crippen molar-refractivity contribution in [2.24, 2.45) is 0 Å². The Bertz CT molecular complexity index is 1040. The van der Waals surface area contributed by atoms with Crippen molar-refractivity contribution in [3.8, 4) is 11.1 Å². The van der Waals surface area contributed by atoms with Gasteiger partial charge in [0.25, 0.3) is 0 Å². The minimum absolute atomic E-state index is 0.0859. The molecule has 6 heteroatoms. The molecule has 2 atom stereocenters. The number of rotatable bonds is 7. The molecule has 3 aromatic rings. The standard InChI is InChI=1S/C25H23NO5/c27-22(14-23(28)29)24(16-8-2-1-3-9-16)26-25(30)31-15-21-19-12-6-4-10-17(19)18-11-5-7-13-20(18)21/h1-13,21-22,24,27H,14-15H2,(H,26,30)(H,28,29)/t22-,24?/m1/s1. The van der Waals surface area contributed by atoms with Crippen LogP contribution in [-0.2, 0) is 9.53 Å². The summed E-state index contributed by atoms with van der Waals surface area (Å²) >= 11 is 0. The van der Waals surface area contributed by atoms with Crippen LogP contribution in [0.2, 0.25) is 0 Å². The molecule has 3 aromatic carbocycles. The van der Waals surface area contributed by atoms with Crippen molar-refractivity contribution >= 4 is 12.1 Å². The Morgan fingerprint density at radius 1 is 0.871 bits per heavy atom. The predicted molar refractivity (Wildman–Crippen MR) is 116 cm³/mol. The van der Waals surface area contributed by atoms with Crippen molar-refractivity contribution in [1.29, 1.82) is 0 Å².